The lowest BCUT2D eigenvalue weighted by molar-refractivity contribution is -0.136. The Bertz CT molecular complexity index is 737. The maximum atomic E-state index is 13.4. The summed E-state index contributed by atoms with van der Waals surface area (Å²) in [5.74, 6) is -3.03. The van der Waals surface area contributed by atoms with Crippen molar-refractivity contribution < 1.29 is 23.1 Å². The van der Waals surface area contributed by atoms with Crippen molar-refractivity contribution in [3.8, 4) is 0 Å². The largest absolute Gasteiger partial charge is 0.375 e. The van der Waals surface area contributed by atoms with E-state index in [0.717, 1.165) is 0 Å². The van der Waals surface area contributed by atoms with Gasteiger partial charge in [0, 0.05) is 13.7 Å². The summed E-state index contributed by atoms with van der Waals surface area (Å²) in [7, 11) is 1.40. The van der Waals surface area contributed by atoms with E-state index < -0.39 is 29.6 Å². The van der Waals surface area contributed by atoms with Crippen LogP contribution >= 0.6 is 0 Å². The first-order valence-electron chi connectivity index (χ1n) is 7.13. The number of ether oxygens (including phenoxy) is 1. The molecule has 1 atom stereocenters. The summed E-state index contributed by atoms with van der Waals surface area (Å²) in [6.07, 6.45) is -0.620. The second-order valence-electron chi connectivity index (χ2n) is 4.92. The van der Waals surface area contributed by atoms with Crippen LogP contribution in [0.3, 0.4) is 0 Å². The van der Waals surface area contributed by atoms with Crippen molar-refractivity contribution in [2.24, 2.45) is 0 Å². The van der Waals surface area contributed by atoms with Crippen LogP contribution in [0.4, 0.5) is 14.5 Å². The van der Waals surface area contributed by atoms with Gasteiger partial charge in [0.05, 0.1) is 11.8 Å². The van der Waals surface area contributed by atoms with Crippen molar-refractivity contribution >= 4 is 17.5 Å². The number of halogens is 2. The van der Waals surface area contributed by atoms with Gasteiger partial charge in [0.25, 0.3) is 0 Å². The maximum Gasteiger partial charge on any atom is 0.313 e. The van der Waals surface area contributed by atoms with E-state index in [1.165, 1.54) is 49.6 Å². The molecule has 0 aromatic heterocycles. The molecule has 2 aromatic carbocycles. The Hall–Kier alpha value is -2.80. The average Bonchev–Trinajstić information content (AvgIpc) is 2.57. The number of carbonyl (C=O) groups is 2. The fourth-order valence-corrected chi connectivity index (χ4v) is 2.05. The van der Waals surface area contributed by atoms with E-state index in [9.17, 15) is 18.4 Å². The fourth-order valence-electron chi connectivity index (χ4n) is 2.05. The number of nitrogens with one attached hydrogen (secondary N) is 2. The highest BCUT2D eigenvalue weighted by atomic mass is 19.1. The molecule has 0 heterocycles. The number of benzene rings is 2. The molecular weight excluding hydrogens is 318 g/mol. The molecule has 126 valence electrons. The summed E-state index contributed by atoms with van der Waals surface area (Å²) in [6.45, 7) is -0.0382. The molecular formula is C17H16F2N2O3. The van der Waals surface area contributed by atoms with Gasteiger partial charge in [-0.2, -0.15) is 0 Å². The first-order valence-corrected chi connectivity index (χ1v) is 7.13. The van der Waals surface area contributed by atoms with E-state index in [-0.39, 0.29) is 12.2 Å². The van der Waals surface area contributed by atoms with Gasteiger partial charge in [-0.25, -0.2) is 8.78 Å². The molecule has 24 heavy (non-hydrogen) atoms. The van der Waals surface area contributed by atoms with Crippen molar-refractivity contribution in [1.82, 2.24) is 5.32 Å². The van der Waals surface area contributed by atoms with Gasteiger partial charge in [0.2, 0.25) is 0 Å². The quantitative estimate of drug-likeness (QED) is 0.825. The van der Waals surface area contributed by atoms with Crippen molar-refractivity contribution in [3.63, 3.8) is 0 Å². The first-order chi connectivity index (χ1) is 11.5. The topological polar surface area (TPSA) is 67.4 Å². The molecule has 0 bridgehead atoms. The van der Waals surface area contributed by atoms with Gasteiger partial charge in [-0.15, -0.1) is 0 Å². The smallest absolute Gasteiger partial charge is 0.313 e. The normalized spacial score (nSPS) is 11.6. The molecule has 5 nitrogen and oxygen atoms in total. The predicted molar refractivity (Wildman–Crippen MR) is 84.2 cm³/mol. The number of carbonyl (C=O) groups excluding carboxylic acids is 2. The molecule has 0 radical (unpaired) electrons. The van der Waals surface area contributed by atoms with E-state index >= 15 is 0 Å². The SMILES string of the molecule is CO[C@@H](CNC(=O)C(=O)Nc1ccccc1F)c1cccc(F)c1. The predicted octanol–water partition coefficient (Wildman–Crippen LogP) is 2.41. The van der Waals surface area contributed by atoms with Gasteiger partial charge < -0.3 is 15.4 Å². The number of para-hydroxylation sites is 1. The summed E-state index contributed by atoms with van der Waals surface area (Å²) >= 11 is 0. The first kappa shape index (κ1) is 17.6. The van der Waals surface area contributed by atoms with E-state index in [4.69, 9.17) is 4.74 Å². The lowest BCUT2D eigenvalue weighted by Gasteiger charge is -2.16. The van der Waals surface area contributed by atoms with Crippen LogP contribution in [0, 0.1) is 11.6 Å². The number of anilines is 1. The van der Waals surface area contributed by atoms with Crippen LogP contribution in [0.5, 0.6) is 0 Å². The van der Waals surface area contributed by atoms with Crippen LogP contribution in [0.1, 0.15) is 11.7 Å². The molecule has 2 rings (SSSR count). The second kappa shape index (κ2) is 8.16. The minimum atomic E-state index is -1.01. The van der Waals surface area contributed by atoms with E-state index in [2.05, 4.69) is 10.6 Å². The Morgan fingerprint density at radius 3 is 2.50 bits per heavy atom. The van der Waals surface area contributed by atoms with E-state index in [0.29, 0.717) is 5.56 Å². The summed E-state index contributed by atoms with van der Waals surface area (Å²) < 4.78 is 31.9. The minimum absolute atomic E-state index is 0.0382. The molecule has 0 spiro atoms. The zero-order chi connectivity index (χ0) is 17.5. The van der Waals surface area contributed by atoms with Gasteiger partial charge in [-0.1, -0.05) is 24.3 Å². The minimum Gasteiger partial charge on any atom is -0.375 e. The number of rotatable bonds is 5. The Morgan fingerprint density at radius 2 is 1.83 bits per heavy atom. The Kier molecular flexibility index (Phi) is 5.97. The number of methoxy groups -OCH3 is 1. The van der Waals surface area contributed by atoms with Gasteiger partial charge in [-0.05, 0) is 29.8 Å². The summed E-state index contributed by atoms with van der Waals surface area (Å²) in [4.78, 5) is 23.6. The van der Waals surface area contributed by atoms with E-state index in [1.807, 2.05) is 0 Å². The molecule has 2 amide bonds. The molecule has 0 aliphatic carbocycles. The van der Waals surface area contributed by atoms with Gasteiger partial charge in [-0.3, -0.25) is 9.59 Å². The molecule has 0 saturated carbocycles. The van der Waals surface area contributed by atoms with Crippen molar-refractivity contribution in [2.75, 3.05) is 19.0 Å². The van der Waals surface area contributed by atoms with Crippen molar-refractivity contribution in [1.29, 1.82) is 0 Å². The molecule has 2 aromatic rings. The summed E-state index contributed by atoms with van der Waals surface area (Å²) in [5, 5.41) is 4.54. The van der Waals surface area contributed by atoms with Crippen LogP contribution < -0.4 is 10.6 Å². The molecule has 0 aliphatic rings. The Morgan fingerprint density at radius 1 is 1.08 bits per heavy atom. The Labute approximate surface area is 137 Å². The van der Waals surface area contributed by atoms with Crippen LogP contribution in [0.15, 0.2) is 48.5 Å². The number of amides is 2. The zero-order valence-corrected chi connectivity index (χ0v) is 12.9. The number of hydrogen-bond donors (Lipinski definition) is 2. The van der Waals surface area contributed by atoms with Gasteiger partial charge in [0.15, 0.2) is 0 Å². The molecule has 0 unspecified atom stereocenters. The standard InChI is InChI=1S/C17H16F2N2O3/c1-24-15(11-5-4-6-12(18)9-11)10-20-16(22)17(23)21-14-8-3-2-7-13(14)19/h2-9,15H,10H2,1H3,(H,20,22)(H,21,23)/t15-/m0/s1. The third-order valence-corrected chi connectivity index (χ3v) is 3.28. The van der Waals surface area contributed by atoms with Gasteiger partial charge in [0.1, 0.15) is 11.6 Å². The average molecular weight is 334 g/mol. The highest BCUT2D eigenvalue weighted by molar-refractivity contribution is 6.39. The van der Waals surface area contributed by atoms with Crippen molar-refractivity contribution in [2.45, 2.75) is 6.10 Å². The van der Waals surface area contributed by atoms with E-state index in [1.54, 1.807) is 6.07 Å². The molecule has 7 heteroatoms. The summed E-state index contributed by atoms with van der Waals surface area (Å²) in [6, 6.07) is 11.2. The van der Waals surface area contributed by atoms with Crippen molar-refractivity contribution in [3.05, 3.63) is 65.7 Å². The maximum absolute atomic E-state index is 13.4. The lowest BCUT2D eigenvalue weighted by atomic mass is 10.1. The highest BCUT2D eigenvalue weighted by Gasteiger charge is 2.18. The molecule has 2 N–H and O–H groups in total. The lowest BCUT2D eigenvalue weighted by Crippen LogP contribution is -2.38. The Balaban J connectivity index is 1.94. The molecule has 0 fully saturated rings. The molecule has 0 saturated heterocycles. The van der Waals surface area contributed by atoms with Crippen LogP contribution in [0.25, 0.3) is 0 Å². The molecule has 0 aliphatic heterocycles. The fraction of sp³-hybridized carbons (Fsp3) is 0.176. The third-order valence-electron chi connectivity index (χ3n) is 3.28. The van der Waals surface area contributed by atoms with Gasteiger partial charge >= 0.3 is 11.8 Å². The number of hydrogen-bond acceptors (Lipinski definition) is 3. The van der Waals surface area contributed by atoms with Crippen LogP contribution in [-0.4, -0.2) is 25.5 Å². The third kappa shape index (κ3) is 4.60. The summed E-state index contributed by atoms with van der Waals surface area (Å²) in [5.41, 5.74) is 0.429. The van der Waals surface area contributed by atoms with Crippen LogP contribution in [0.2, 0.25) is 0 Å². The second-order valence-corrected chi connectivity index (χ2v) is 4.92. The van der Waals surface area contributed by atoms with Crippen LogP contribution in [-0.2, 0) is 14.3 Å². The monoisotopic (exact) mass is 334 g/mol. The zero-order valence-electron chi connectivity index (χ0n) is 12.9. The highest BCUT2D eigenvalue weighted by Crippen LogP contribution is 2.17.